The zero-order valence-electron chi connectivity index (χ0n) is 3.68. The van der Waals surface area contributed by atoms with E-state index < -0.39 is 0 Å². The maximum absolute atomic E-state index is 8.20. The minimum Gasteiger partial charge on any atom is -0.221 e. The van der Waals surface area contributed by atoms with E-state index in [0.29, 0.717) is 4.34 Å². The molecule has 0 N–H and O–H groups in total. The first-order valence-electron chi connectivity index (χ1n) is 1.77. The quantitative estimate of drug-likeness (QED) is 0.552. The lowest BCUT2D eigenvalue weighted by molar-refractivity contribution is 1.33. The Labute approximate surface area is 55.4 Å². The van der Waals surface area contributed by atoms with Gasteiger partial charge in [0.25, 0.3) is 0 Å². The van der Waals surface area contributed by atoms with E-state index in [9.17, 15) is 0 Å². The predicted octanol–water partition coefficient (Wildman–Crippen LogP) is 1.47. The van der Waals surface area contributed by atoms with Gasteiger partial charge in [-0.05, 0) is 0 Å². The van der Waals surface area contributed by atoms with Crippen molar-refractivity contribution < 1.29 is 0 Å². The van der Waals surface area contributed by atoms with Crippen LogP contribution >= 0.6 is 22.9 Å². The van der Waals surface area contributed by atoms with Gasteiger partial charge in [-0.3, -0.25) is 0 Å². The van der Waals surface area contributed by atoms with Gasteiger partial charge in [-0.2, -0.15) is 5.26 Å². The molecular formula is C4ClN2S. The third kappa shape index (κ3) is 0.808. The molecule has 0 fully saturated rings. The molecule has 39 valence electrons. The summed E-state index contributed by atoms with van der Waals surface area (Å²) in [7, 11) is 0. The summed E-state index contributed by atoms with van der Waals surface area (Å²) in [5.74, 6) is 0. The molecule has 1 heterocycles. The van der Waals surface area contributed by atoms with Crippen LogP contribution in [0, 0.1) is 16.8 Å². The molecule has 0 unspecified atom stereocenters. The highest BCUT2D eigenvalue weighted by Gasteiger charge is 1.98. The van der Waals surface area contributed by atoms with Crippen molar-refractivity contribution in [2.24, 2.45) is 0 Å². The first-order valence-corrected chi connectivity index (χ1v) is 2.96. The van der Waals surface area contributed by atoms with Crippen LogP contribution < -0.4 is 0 Å². The topological polar surface area (TPSA) is 36.7 Å². The summed E-state index contributed by atoms with van der Waals surface area (Å²) in [5.41, 5.74) is 2.75. The fraction of sp³-hybridized carbons (Fsp3) is 0. The second kappa shape index (κ2) is 2.12. The molecule has 0 aromatic carbocycles. The zero-order valence-corrected chi connectivity index (χ0v) is 5.25. The zero-order chi connectivity index (χ0) is 5.98. The Bertz CT molecular complexity index is 224. The average Bonchev–Trinajstić information content (AvgIpc) is 2.14. The molecule has 4 heteroatoms. The lowest BCUT2D eigenvalue weighted by Gasteiger charge is -1.71. The fourth-order valence-electron chi connectivity index (χ4n) is 0.270. The van der Waals surface area contributed by atoms with Gasteiger partial charge in [-0.1, -0.05) is 22.9 Å². The Kier molecular flexibility index (Phi) is 1.47. The van der Waals surface area contributed by atoms with Crippen molar-refractivity contribution in [1.82, 2.24) is 4.98 Å². The van der Waals surface area contributed by atoms with Crippen LogP contribution in [0.1, 0.15) is 5.69 Å². The fourth-order valence-corrected chi connectivity index (χ4v) is 0.863. The van der Waals surface area contributed by atoms with E-state index in [1.165, 1.54) is 0 Å². The normalized spacial score (nSPS) is 8.50. The monoisotopic (exact) mass is 143 g/mol. The van der Waals surface area contributed by atoms with E-state index in [1.807, 2.05) is 6.07 Å². The van der Waals surface area contributed by atoms with Gasteiger partial charge in [0.15, 0.2) is 11.2 Å². The summed E-state index contributed by atoms with van der Waals surface area (Å²) in [4.78, 5) is 3.53. The number of hydrogen-bond donors (Lipinski definition) is 0. The highest BCUT2D eigenvalue weighted by molar-refractivity contribution is 7.13. The van der Waals surface area contributed by atoms with Crippen LogP contribution in [0.25, 0.3) is 0 Å². The molecule has 0 saturated carbocycles. The average molecular weight is 144 g/mol. The number of rotatable bonds is 0. The summed E-state index contributed by atoms with van der Waals surface area (Å²) in [6, 6.07) is 1.81. The van der Waals surface area contributed by atoms with Gasteiger partial charge in [0.1, 0.15) is 10.4 Å². The van der Waals surface area contributed by atoms with Gasteiger partial charge in [-0.15, -0.1) is 0 Å². The largest absolute Gasteiger partial charge is 0.221 e. The Morgan fingerprint density at radius 3 is 2.88 bits per heavy atom. The van der Waals surface area contributed by atoms with Crippen molar-refractivity contribution in [3.8, 4) is 6.07 Å². The summed E-state index contributed by atoms with van der Waals surface area (Å²) in [6.07, 6.45) is 0. The number of halogens is 1. The third-order valence-electron chi connectivity index (χ3n) is 0.585. The Hall–Kier alpha value is -0.590. The molecule has 0 atom stereocenters. The summed E-state index contributed by atoms with van der Waals surface area (Å²) >= 11 is 6.58. The molecule has 1 radical (unpaired) electrons. The molecule has 1 rings (SSSR count). The van der Waals surface area contributed by atoms with Crippen LogP contribution in [0.5, 0.6) is 0 Å². The summed E-state index contributed by atoms with van der Waals surface area (Å²) in [5, 5.41) is 8.20. The molecule has 0 aliphatic heterocycles. The van der Waals surface area contributed by atoms with Gasteiger partial charge < -0.3 is 0 Å². The highest BCUT2D eigenvalue weighted by atomic mass is 35.5. The number of nitrogens with zero attached hydrogens (tertiary/aromatic N) is 2. The van der Waals surface area contributed by atoms with Crippen molar-refractivity contribution in [1.29, 1.82) is 5.26 Å². The lowest BCUT2D eigenvalue weighted by atomic mass is 10.6. The molecular weight excluding hydrogens is 144 g/mol. The van der Waals surface area contributed by atoms with Crippen LogP contribution in [-0.2, 0) is 0 Å². The third-order valence-corrected chi connectivity index (χ3v) is 1.55. The molecule has 2 nitrogen and oxygen atoms in total. The van der Waals surface area contributed by atoms with E-state index in [2.05, 4.69) is 10.5 Å². The summed E-state index contributed by atoms with van der Waals surface area (Å²) < 4.78 is 0.410. The smallest absolute Gasteiger partial charge is 0.170 e. The molecule has 0 aliphatic rings. The SMILES string of the molecule is N#Cc1n[c]sc1Cl. The predicted molar refractivity (Wildman–Crippen MR) is 30.7 cm³/mol. The van der Waals surface area contributed by atoms with E-state index in [-0.39, 0.29) is 5.69 Å². The maximum atomic E-state index is 8.20. The van der Waals surface area contributed by atoms with E-state index in [0.717, 1.165) is 11.3 Å². The first-order chi connectivity index (χ1) is 3.84. The van der Waals surface area contributed by atoms with E-state index in [1.54, 1.807) is 0 Å². The second-order valence-electron chi connectivity index (χ2n) is 1.04. The lowest BCUT2D eigenvalue weighted by Crippen LogP contribution is -1.68. The Morgan fingerprint density at radius 1 is 1.88 bits per heavy atom. The van der Waals surface area contributed by atoms with Crippen LogP contribution in [0.2, 0.25) is 4.34 Å². The van der Waals surface area contributed by atoms with Crippen molar-refractivity contribution in [3.05, 3.63) is 15.5 Å². The number of thiazole rings is 1. The van der Waals surface area contributed by atoms with E-state index in [4.69, 9.17) is 16.9 Å². The molecule has 0 spiro atoms. The van der Waals surface area contributed by atoms with Gasteiger partial charge in [0, 0.05) is 0 Å². The molecule has 1 aromatic heterocycles. The first kappa shape index (κ1) is 5.54. The molecule has 0 amide bonds. The second-order valence-corrected chi connectivity index (χ2v) is 2.44. The van der Waals surface area contributed by atoms with Gasteiger partial charge in [0.05, 0.1) is 0 Å². The number of hydrogen-bond acceptors (Lipinski definition) is 3. The number of nitriles is 1. The van der Waals surface area contributed by atoms with Crippen LogP contribution in [-0.4, -0.2) is 4.98 Å². The minimum absolute atomic E-state index is 0.261. The van der Waals surface area contributed by atoms with Crippen LogP contribution in [0.4, 0.5) is 0 Å². The van der Waals surface area contributed by atoms with Gasteiger partial charge >= 0.3 is 0 Å². The Morgan fingerprint density at radius 2 is 2.62 bits per heavy atom. The summed E-state index contributed by atoms with van der Waals surface area (Å²) in [6.45, 7) is 0. The maximum Gasteiger partial charge on any atom is 0.170 e. The van der Waals surface area contributed by atoms with Crippen molar-refractivity contribution in [2.75, 3.05) is 0 Å². The molecule has 0 saturated heterocycles. The standard InChI is InChI=1S/C4ClN2S/c5-4-3(1-6)7-2-8-4. The molecule has 8 heavy (non-hydrogen) atoms. The number of aromatic nitrogens is 1. The van der Waals surface area contributed by atoms with Crippen molar-refractivity contribution >= 4 is 22.9 Å². The van der Waals surface area contributed by atoms with Crippen molar-refractivity contribution in [2.45, 2.75) is 0 Å². The Balaban J connectivity index is 3.15. The van der Waals surface area contributed by atoms with Crippen LogP contribution in [0.15, 0.2) is 0 Å². The van der Waals surface area contributed by atoms with Gasteiger partial charge in [0.2, 0.25) is 0 Å². The molecule has 0 aliphatic carbocycles. The van der Waals surface area contributed by atoms with Crippen molar-refractivity contribution in [3.63, 3.8) is 0 Å². The molecule has 1 aromatic rings. The highest BCUT2D eigenvalue weighted by Crippen LogP contribution is 2.17. The van der Waals surface area contributed by atoms with Gasteiger partial charge in [-0.25, -0.2) is 4.98 Å². The van der Waals surface area contributed by atoms with Crippen LogP contribution in [0.3, 0.4) is 0 Å². The molecule has 0 bridgehead atoms. The minimum atomic E-state index is 0.261. The van der Waals surface area contributed by atoms with E-state index >= 15 is 0 Å².